The van der Waals surface area contributed by atoms with E-state index in [-0.39, 0.29) is 0 Å². The van der Waals surface area contributed by atoms with Crippen molar-refractivity contribution in [1.82, 2.24) is 4.90 Å². The second-order valence-corrected chi connectivity index (χ2v) is 5.49. The first-order chi connectivity index (χ1) is 12.2. The molecule has 0 saturated carbocycles. The molecule has 4 heteroatoms. The highest BCUT2D eigenvalue weighted by atomic mass is 16.5. The van der Waals surface area contributed by atoms with E-state index in [0.717, 1.165) is 11.1 Å². The summed E-state index contributed by atoms with van der Waals surface area (Å²) in [6.07, 6.45) is 1.43. The number of ether oxygens (including phenoxy) is 2. The van der Waals surface area contributed by atoms with E-state index < -0.39 is 5.97 Å². The molecule has 132 valence electrons. The maximum absolute atomic E-state index is 11.9. The van der Waals surface area contributed by atoms with Crippen LogP contribution in [-0.4, -0.2) is 24.1 Å². The summed E-state index contributed by atoms with van der Waals surface area (Å²) in [7, 11) is 0. The van der Waals surface area contributed by atoms with Crippen LogP contribution in [0.1, 0.15) is 25.0 Å². The lowest BCUT2D eigenvalue weighted by Gasteiger charge is -2.27. The van der Waals surface area contributed by atoms with Crippen LogP contribution in [0.5, 0.6) is 0 Å². The minimum Gasteiger partial charge on any atom is -0.479 e. The first-order valence-electron chi connectivity index (χ1n) is 8.57. The van der Waals surface area contributed by atoms with Crippen LogP contribution in [-0.2, 0) is 27.4 Å². The molecule has 0 heterocycles. The van der Waals surface area contributed by atoms with Gasteiger partial charge in [-0.25, -0.2) is 4.79 Å². The van der Waals surface area contributed by atoms with Gasteiger partial charge in [0.2, 0.25) is 0 Å². The fourth-order valence-corrected chi connectivity index (χ4v) is 2.48. The van der Waals surface area contributed by atoms with Gasteiger partial charge in [0, 0.05) is 13.1 Å². The minimum absolute atomic E-state index is 0.339. The molecule has 4 nitrogen and oxygen atoms in total. The van der Waals surface area contributed by atoms with Crippen molar-refractivity contribution < 1.29 is 14.3 Å². The lowest BCUT2D eigenvalue weighted by Crippen LogP contribution is -2.25. The number of carbonyl (C=O) groups excluding carboxylic acids is 1. The highest BCUT2D eigenvalue weighted by Crippen LogP contribution is 2.17. The van der Waals surface area contributed by atoms with Crippen molar-refractivity contribution in [3.63, 3.8) is 0 Å². The Morgan fingerprint density at radius 1 is 0.840 bits per heavy atom. The summed E-state index contributed by atoms with van der Waals surface area (Å²) in [5, 5.41) is 0. The number of rotatable bonds is 9. The average Bonchev–Trinajstić information content (AvgIpc) is 2.63. The van der Waals surface area contributed by atoms with E-state index in [1.807, 2.05) is 48.2 Å². The molecular formula is C21H25NO3. The molecule has 0 fully saturated rings. The van der Waals surface area contributed by atoms with Crippen LogP contribution in [0.3, 0.4) is 0 Å². The van der Waals surface area contributed by atoms with E-state index >= 15 is 0 Å². The van der Waals surface area contributed by atoms with Gasteiger partial charge in [-0.3, -0.25) is 0 Å². The van der Waals surface area contributed by atoms with Gasteiger partial charge in [0.15, 0.2) is 5.88 Å². The van der Waals surface area contributed by atoms with Gasteiger partial charge in [0.05, 0.1) is 19.3 Å². The highest BCUT2D eigenvalue weighted by molar-refractivity contribution is 5.82. The van der Waals surface area contributed by atoms with Crippen molar-refractivity contribution in [2.45, 2.75) is 26.9 Å². The third-order valence-electron chi connectivity index (χ3n) is 3.56. The van der Waals surface area contributed by atoms with Gasteiger partial charge in [-0.2, -0.15) is 0 Å². The summed E-state index contributed by atoms with van der Waals surface area (Å²) >= 11 is 0. The van der Waals surface area contributed by atoms with Crippen molar-refractivity contribution in [3.8, 4) is 0 Å². The van der Waals surface area contributed by atoms with Gasteiger partial charge in [-0.1, -0.05) is 60.7 Å². The molecule has 0 bridgehead atoms. The molecule has 2 aromatic carbocycles. The van der Waals surface area contributed by atoms with Crippen LogP contribution < -0.4 is 0 Å². The number of esters is 1. The number of hydrogen-bond acceptors (Lipinski definition) is 4. The molecule has 0 aliphatic heterocycles. The first kappa shape index (κ1) is 18.6. The fourth-order valence-electron chi connectivity index (χ4n) is 2.48. The van der Waals surface area contributed by atoms with Gasteiger partial charge < -0.3 is 14.4 Å². The van der Waals surface area contributed by atoms with E-state index in [4.69, 9.17) is 9.47 Å². The Kier molecular flexibility index (Phi) is 7.57. The molecule has 0 spiro atoms. The van der Waals surface area contributed by atoms with Crippen LogP contribution in [0.2, 0.25) is 0 Å². The summed E-state index contributed by atoms with van der Waals surface area (Å²) in [6.45, 7) is 5.79. The fraction of sp³-hybridized carbons (Fsp3) is 0.286. The second-order valence-electron chi connectivity index (χ2n) is 5.49. The molecule has 0 radical (unpaired) electrons. The number of benzene rings is 2. The van der Waals surface area contributed by atoms with Gasteiger partial charge in [-0.05, 0) is 25.0 Å². The quantitative estimate of drug-likeness (QED) is 0.391. The lowest BCUT2D eigenvalue weighted by atomic mass is 10.1. The molecule has 0 aliphatic carbocycles. The summed E-state index contributed by atoms with van der Waals surface area (Å²) < 4.78 is 10.8. The van der Waals surface area contributed by atoms with E-state index in [1.165, 1.54) is 6.08 Å². The molecule has 25 heavy (non-hydrogen) atoms. The minimum atomic E-state index is -0.392. The van der Waals surface area contributed by atoms with Crippen molar-refractivity contribution in [2.75, 3.05) is 13.2 Å². The molecule has 2 rings (SSSR count). The Labute approximate surface area is 149 Å². The van der Waals surface area contributed by atoms with Gasteiger partial charge in [0.1, 0.15) is 0 Å². The third-order valence-corrected chi connectivity index (χ3v) is 3.56. The van der Waals surface area contributed by atoms with Gasteiger partial charge >= 0.3 is 5.97 Å². The first-order valence-corrected chi connectivity index (χ1v) is 8.57. The van der Waals surface area contributed by atoms with Gasteiger partial charge in [-0.15, -0.1) is 0 Å². The summed E-state index contributed by atoms with van der Waals surface area (Å²) in [5.41, 5.74) is 2.29. The zero-order valence-electron chi connectivity index (χ0n) is 14.9. The zero-order valence-corrected chi connectivity index (χ0v) is 14.9. The molecule has 0 N–H and O–H groups in total. The summed E-state index contributed by atoms with van der Waals surface area (Å²) in [6, 6.07) is 20.2. The second kappa shape index (κ2) is 10.2. The molecule has 0 unspecified atom stereocenters. The predicted molar refractivity (Wildman–Crippen MR) is 98.5 cm³/mol. The largest absolute Gasteiger partial charge is 0.479 e. The Hall–Kier alpha value is -2.75. The monoisotopic (exact) mass is 339 g/mol. The molecular weight excluding hydrogens is 314 g/mol. The Morgan fingerprint density at radius 3 is 1.76 bits per heavy atom. The zero-order chi connectivity index (χ0) is 17.9. The normalized spacial score (nSPS) is 11.0. The lowest BCUT2D eigenvalue weighted by molar-refractivity contribution is -0.137. The van der Waals surface area contributed by atoms with E-state index in [9.17, 15) is 4.79 Å². The van der Waals surface area contributed by atoms with E-state index in [0.29, 0.717) is 32.2 Å². The van der Waals surface area contributed by atoms with Crippen LogP contribution >= 0.6 is 0 Å². The number of nitrogens with zero attached hydrogens (tertiary/aromatic N) is 1. The van der Waals surface area contributed by atoms with Crippen molar-refractivity contribution >= 4 is 5.97 Å². The molecule has 0 amide bonds. The molecule has 2 aromatic rings. The van der Waals surface area contributed by atoms with Crippen LogP contribution in [0.25, 0.3) is 0 Å². The standard InChI is InChI=1S/C21H25NO3/c1-3-24-20(15-21(23)25-4-2)22(16-18-11-7-5-8-12-18)17-19-13-9-6-10-14-19/h5-15H,3-4,16-17H2,1-2H3. The van der Waals surface area contributed by atoms with Crippen molar-refractivity contribution in [2.24, 2.45) is 0 Å². The van der Waals surface area contributed by atoms with E-state index in [2.05, 4.69) is 24.3 Å². The molecule has 0 aliphatic rings. The molecule has 0 atom stereocenters. The van der Waals surface area contributed by atoms with Crippen molar-refractivity contribution in [1.29, 1.82) is 0 Å². The van der Waals surface area contributed by atoms with Crippen LogP contribution in [0.4, 0.5) is 0 Å². The molecule has 0 saturated heterocycles. The van der Waals surface area contributed by atoms with E-state index in [1.54, 1.807) is 6.92 Å². The van der Waals surface area contributed by atoms with Crippen LogP contribution in [0, 0.1) is 0 Å². The summed E-state index contributed by atoms with van der Waals surface area (Å²) in [4.78, 5) is 14.0. The maximum atomic E-state index is 11.9. The maximum Gasteiger partial charge on any atom is 0.336 e. The topological polar surface area (TPSA) is 38.8 Å². The smallest absolute Gasteiger partial charge is 0.336 e. The number of carbonyl (C=O) groups is 1. The average molecular weight is 339 g/mol. The van der Waals surface area contributed by atoms with Crippen molar-refractivity contribution in [3.05, 3.63) is 83.7 Å². The number of hydrogen-bond donors (Lipinski definition) is 0. The predicted octanol–water partition coefficient (Wildman–Crippen LogP) is 4.13. The SMILES string of the molecule is CCOC(=O)C=C(OCC)N(Cc1ccccc1)Cc1ccccc1. The van der Waals surface area contributed by atoms with Gasteiger partial charge in [0.25, 0.3) is 0 Å². The Bertz CT molecular complexity index is 627. The Morgan fingerprint density at radius 2 is 1.32 bits per heavy atom. The molecule has 0 aromatic heterocycles. The highest BCUT2D eigenvalue weighted by Gasteiger charge is 2.15. The van der Waals surface area contributed by atoms with Crippen LogP contribution in [0.15, 0.2) is 72.6 Å². The third kappa shape index (κ3) is 6.34. The summed E-state index contributed by atoms with van der Waals surface area (Å²) in [5.74, 6) is 0.130. The Balaban J connectivity index is 2.27.